The van der Waals surface area contributed by atoms with Crippen molar-refractivity contribution >= 4 is 23.3 Å². The van der Waals surface area contributed by atoms with Crippen molar-refractivity contribution in [2.75, 3.05) is 50.2 Å². The van der Waals surface area contributed by atoms with E-state index in [1.807, 2.05) is 38.1 Å². The Morgan fingerprint density at radius 1 is 1.24 bits per heavy atom. The van der Waals surface area contributed by atoms with Crippen molar-refractivity contribution in [3.8, 4) is 17.0 Å². The number of esters is 1. The van der Waals surface area contributed by atoms with E-state index >= 15 is 0 Å². The predicted octanol–water partition coefficient (Wildman–Crippen LogP) is 3.85. The van der Waals surface area contributed by atoms with E-state index in [0.29, 0.717) is 37.2 Å². The summed E-state index contributed by atoms with van der Waals surface area (Å²) >= 11 is 0. The molecule has 0 bridgehead atoms. The molecule has 0 saturated carbocycles. The maximum atomic E-state index is 12.3. The van der Waals surface area contributed by atoms with Gasteiger partial charge in [-0.15, -0.1) is 0 Å². The minimum atomic E-state index is -0.371. The molecule has 0 amide bonds. The van der Waals surface area contributed by atoms with Crippen LogP contribution in [0.2, 0.25) is 0 Å². The maximum Gasteiger partial charge on any atom is 0.355 e. The third-order valence-electron chi connectivity index (χ3n) is 5.62. The number of nitrogens with one attached hydrogen (secondary N) is 2. The van der Waals surface area contributed by atoms with Crippen LogP contribution < -0.4 is 15.0 Å². The number of H-pyrrole nitrogens is 1. The number of aromatic amines is 1. The van der Waals surface area contributed by atoms with E-state index < -0.39 is 0 Å². The molecular weight excluding hydrogens is 422 g/mol. The molecule has 0 radical (unpaired) electrons. The van der Waals surface area contributed by atoms with Gasteiger partial charge in [0.2, 0.25) is 5.95 Å². The number of morpholine rings is 1. The van der Waals surface area contributed by atoms with Crippen molar-refractivity contribution in [3.63, 3.8) is 0 Å². The Morgan fingerprint density at radius 3 is 2.76 bits per heavy atom. The van der Waals surface area contributed by atoms with Gasteiger partial charge in [-0.2, -0.15) is 0 Å². The molecule has 1 aliphatic rings. The highest BCUT2D eigenvalue weighted by molar-refractivity contribution is 5.92. The first-order valence-corrected chi connectivity index (χ1v) is 11.0. The van der Waals surface area contributed by atoms with Crippen molar-refractivity contribution in [1.29, 1.82) is 0 Å². The average molecular weight is 452 g/mol. The van der Waals surface area contributed by atoms with Crippen molar-refractivity contribution in [2.24, 2.45) is 0 Å². The molecule has 9 nitrogen and oxygen atoms in total. The van der Waals surface area contributed by atoms with Gasteiger partial charge in [0.1, 0.15) is 11.4 Å². The Labute approximate surface area is 193 Å². The van der Waals surface area contributed by atoms with Crippen LogP contribution in [0, 0.1) is 13.8 Å². The van der Waals surface area contributed by atoms with E-state index in [9.17, 15) is 4.79 Å². The van der Waals surface area contributed by atoms with Crippen molar-refractivity contribution in [3.05, 3.63) is 47.4 Å². The topological polar surface area (TPSA) is 102 Å². The highest BCUT2D eigenvalue weighted by Gasteiger charge is 2.21. The fraction of sp³-hybridized carbons (Fsp3) is 0.375. The number of carbonyl (C=O) groups is 1. The van der Waals surface area contributed by atoms with Crippen LogP contribution in [-0.2, 0) is 9.47 Å². The van der Waals surface area contributed by atoms with Crippen LogP contribution in [0.15, 0.2) is 30.5 Å². The number of rotatable bonds is 7. The van der Waals surface area contributed by atoms with E-state index in [0.717, 1.165) is 47.0 Å². The summed E-state index contributed by atoms with van der Waals surface area (Å²) in [5.74, 6) is 0.852. The van der Waals surface area contributed by atoms with Gasteiger partial charge in [0.15, 0.2) is 0 Å². The number of ether oxygens (including phenoxy) is 3. The first-order chi connectivity index (χ1) is 16.0. The van der Waals surface area contributed by atoms with Crippen LogP contribution in [0.5, 0.6) is 5.75 Å². The third-order valence-corrected chi connectivity index (χ3v) is 5.62. The second-order valence-electron chi connectivity index (χ2n) is 7.72. The molecule has 174 valence electrons. The fourth-order valence-corrected chi connectivity index (χ4v) is 4.05. The molecule has 4 rings (SSSR count). The molecule has 9 heteroatoms. The lowest BCUT2D eigenvalue weighted by Crippen LogP contribution is -2.36. The third kappa shape index (κ3) is 4.78. The highest BCUT2D eigenvalue weighted by Crippen LogP contribution is 2.33. The van der Waals surface area contributed by atoms with Gasteiger partial charge in [-0.05, 0) is 44.5 Å². The summed E-state index contributed by atoms with van der Waals surface area (Å²) in [5.41, 5.74) is 5.52. The van der Waals surface area contributed by atoms with Crippen LogP contribution in [0.25, 0.3) is 11.3 Å². The number of benzene rings is 1. The van der Waals surface area contributed by atoms with Gasteiger partial charge < -0.3 is 29.4 Å². The van der Waals surface area contributed by atoms with E-state index in [4.69, 9.17) is 14.2 Å². The Balaban J connectivity index is 1.59. The zero-order valence-electron chi connectivity index (χ0n) is 19.4. The quantitative estimate of drug-likeness (QED) is 0.522. The van der Waals surface area contributed by atoms with Gasteiger partial charge in [0.05, 0.1) is 38.3 Å². The molecule has 0 spiro atoms. The van der Waals surface area contributed by atoms with E-state index in [1.54, 1.807) is 20.2 Å². The molecule has 3 heterocycles. The Hall–Kier alpha value is -3.59. The molecule has 1 saturated heterocycles. The SMILES string of the molecule is CCOC(=O)c1[nH]c(C)c(-c2ccnc(Nc3ccc(N4CCOCC4)c(OC)c3)n2)c1C. The zero-order chi connectivity index (χ0) is 23.4. The summed E-state index contributed by atoms with van der Waals surface area (Å²) < 4.78 is 16.2. The summed E-state index contributed by atoms with van der Waals surface area (Å²) in [6.45, 7) is 8.98. The van der Waals surface area contributed by atoms with Gasteiger partial charge in [0.25, 0.3) is 0 Å². The Kier molecular flexibility index (Phi) is 6.79. The lowest BCUT2D eigenvalue weighted by molar-refractivity contribution is 0.0519. The number of hydrogen-bond acceptors (Lipinski definition) is 8. The van der Waals surface area contributed by atoms with Gasteiger partial charge in [-0.1, -0.05) is 0 Å². The van der Waals surface area contributed by atoms with E-state index in [-0.39, 0.29) is 5.97 Å². The number of nitrogens with zero attached hydrogens (tertiary/aromatic N) is 3. The average Bonchev–Trinajstić information content (AvgIpc) is 3.13. The van der Waals surface area contributed by atoms with Gasteiger partial charge in [0, 0.05) is 42.3 Å². The molecule has 1 aromatic carbocycles. The van der Waals surface area contributed by atoms with Crippen LogP contribution in [-0.4, -0.2) is 60.9 Å². The van der Waals surface area contributed by atoms with Crippen LogP contribution in [0.1, 0.15) is 28.7 Å². The van der Waals surface area contributed by atoms with Gasteiger partial charge in [-0.25, -0.2) is 14.8 Å². The smallest absolute Gasteiger partial charge is 0.355 e. The zero-order valence-corrected chi connectivity index (χ0v) is 19.4. The maximum absolute atomic E-state index is 12.3. The van der Waals surface area contributed by atoms with Gasteiger partial charge >= 0.3 is 5.97 Å². The van der Waals surface area contributed by atoms with Crippen molar-refractivity contribution in [2.45, 2.75) is 20.8 Å². The normalized spacial score (nSPS) is 13.6. The summed E-state index contributed by atoms with van der Waals surface area (Å²) in [4.78, 5) is 26.7. The molecule has 2 aromatic heterocycles. The van der Waals surface area contributed by atoms with Crippen molar-refractivity contribution in [1.82, 2.24) is 15.0 Å². The fourth-order valence-electron chi connectivity index (χ4n) is 4.05. The molecular formula is C24H29N5O4. The second-order valence-corrected chi connectivity index (χ2v) is 7.72. The summed E-state index contributed by atoms with van der Waals surface area (Å²) in [6.07, 6.45) is 1.69. The lowest BCUT2D eigenvalue weighted by atomic mass is 10.1. The summed E-state index contributed by atoms with van der Waals surface area (Å²) in [7, 11) is 1.67. The molecule has 3 aromatic rings. The van der Waals surface area contributed by atoms with Crippen molar-refractivity contribution < 1.29 is 19.0 Å². The Morgan fingerprint density at radius 2 is 2.03 bits per heavy atom. The van der Waals surface area contributed by atoms with E-state index in [1.165, 1.54) is 0 Å². The standard InChI is InChI=1S/C24H29N5O4/c1-5-33-23(30)22-15(2)21(16(3)26-22)18-8-9-25-24(28-18)27-17-6-7-19(20(14-17)31-4)29-10-12-32-13-11-29/h6-9,14,26H,5,10-13H2,1-4H3,(H,25,27,28). The molecule has 1 fully saturated rings. The summed E-state index contributed by atoms with van der Waals surface area (Å²) in [6, 6.07) is 7.77. The second kappa shape index (κ2) is 9.91. The largest absolute Gasteiger partial charge is 0.495 e. The van der Waals surface area contributed by atoms with Crippen LogP contribution in [0.4, 0.5) is 17.3 Å². The molecule has 1 aliphatic heterocycles. The Bertz CT molecular complexity index is 1140. The van der Waals surface area contributed by atoms with Gasteiger partial charge in [-0.3, -0.25) is 0 Å². The number of anilines is 3. The van der Waals surface area contributed by atoms with Crippen LogP contribution >= 0.6 is 0 Å². The summed E-state index contributed by atoms with van der Waals surface area (Å²) in [5, 5.41) is 3.26. The first-order valence-electron chi connectivity index (χ1n) is 11.0. The molecule has 2 N–H and O–H groups in total. The number of aromatic nitrogens is 3. The number of methoxy groups -OCH3 is 1. The molecule has 0 aliphatic carbocycles. The minimum absolute atomic E-state index is 0.320. The monoisotopic (exact) mass is 451 g/mol. The highest BCUT2D eigenvalue weighted by atomic mass is 16.5. The molecule has 33 heavy (non-hydrogen) atoms. The van der Waals surface area contributed by atoms with Crippen LogP contribution in [0.3, 0.4) is 0 Å². The van der Waals surface area contributed by atoms with E-state index in [2.05, 4.69) is 25.2 Å². The number of hydrogen-bond donors (Lipinski definition) is 2. The predicted molar refractivity (Wildman–Crippen MR) is 127 cm³/mol. The lowest BCUT2D eigenvalue weighted by Gasteiger charge is -2.30. The number of aryl methyl sites for hydroxylation is 1. The molecule has 0 atom stereocenters. The minimum Gasteiger partial charge on any atom is -0.495 e. The first kappa shape index (κ1) is 22.6. The molecule has 0 unspecified atom stereocenters. The number of carbonyl (C=O) groups excluding carboxylic acids is 1.